The zero-order valence-electron chi connectivity index (χ0n) is 11.5. The third kappa shape index (κ3) is 2.46. The molecule has 0 radical (unpaired) electrons. The number of aliphatic hydroxyl groups excluding tert-OH is 1. The van der Waals surface area contributed by atoms with Crippen LogP contribution in [0.2, 0.25) is 5.02 Å². The van der Waals surface area contributed by atoms with E-state index in [0.29, 0.717) is 28.6 Å². The minimum absolute atomic E-state index is 0.00207. The fourth-order valence-corrected chi connectivity index (χ4v) is 2.49. The number of methoxy groups -OCH3 is 1. The summed E-state index contributed by atoms with van der Waals surface area (Å²) in [6.45, 7) is 0.399. The third-order valence-electron chi connectivity index (χ3n) is 3.22. The standard InChI is InChI=1S/C15H14ClN3O2/c1-21-13-5-3-2-4-11(13)14-18-12-8-10(16)9-17-15(12)19(14)6-7-20/h2-5,8-9,20H,6-7H2,1H3. The van der Waals surface area contributed by atoms with E-state index in [2.05, 4.69) is 9.97 Å². The van der Waals surface area contributed by atoms with Crippen LogP contribution in [0, 0.1) is 0 Å². The number of pyridine rings is 1. The van der Waals surface area contributed by atoms with Crippen molar-refractivity contribution >= 4 is 22.8 Å². The van der Waals surface area contributed by atoms with E-state index in [1.54, 1.807) is 19.4 Å². The van der Waals surface area contributed by atoms with Gasteiger partial charge in [-0.15, -0.1) is 0 Å². The van der Waals surface area contributed by atoms with E-state index in [4.69, 9.17) is 16.3 Å². The molecule has 0 fully saturated rings. The van der Waals surface area contributed by atoms with Crippen LogP contribution in [0.3, 0.4) is 0 Å². The first-order chi connectivity index (χ1) is 10.2. The highest BCUT2D eigenvalue weighted by molar-refractivity contribution is 6.31. The molecule has 0 aliphatic rings. The molecule has 0 aliphatic heterocycles. The molecule has 108 valence electrons. The number of benzene rings is 1. The van der Waals surface area contributed by atoms with Crippen LogP contribution in [0.15, 0.2) is 36.5 Å². The number of imidazole rings is 1. The predicted octanol–water partition coefficient (Wildman–Crippen LogP) is 2.75. The molecular formula is C15H14ClN3O2. The molecule has 2 aromatic heterocycles. The largest absolute Gasteiger partial charge is 0.496 e. The maximum absolute atomic E-state index is 9.32. The minimum atomic E-state index is -0.00207. The molecule has 0 aliphatic carbocycles. The summed E-state index contributed by atoms with van der Waals surface area (Å²) >= 11 is 5.98. The topological polar surface area (TPSA) is 60.2 Å². The van der Waals surface area contributed by atoms with Gasteiger partial charge in [0.25, 0.3) is 0 Å². The Morgan fingerprint density at radius 3 is 2.90 bits per heavy atom. The first-order valence-corrected chi connectivity index (χ1v) is 6.88. The molecule has 5 nitrogen and oxygen atoms in total. The average Bonchev–Trinajstić information content (AvgIpc) is 2.85. The molecule has 3 aromatic rings. The van der Waals surface area contributed by atoms with Crippen molar-refractivity contribution in [3.63, 3.8) is 0 Å². The smallest absolute Gasteiger partial charge is 0.160 e. The van der Waals surface area contributed by atoms with Gasteiger partial charge in [0, 0.05) is 12.7 Å². The summed E-state index contributed by atoms with van der Waals surface area (Å²) < 4.78 is 7.25. The Morgan fingerprint density at radius 2 is 2.14 bits per heavy atom. The van der Waals surface area contributed by atoms with Crippen molar-refractivity contribution in [1.82, 2.24) is 14.5 Å². The number of halogens is 1. The van der Waals surface area contributed by atoms with E-state index < -0.39 is 0 Å². The molecule has 21 heavy (non-hydrogen) atoms. The Kier molecular flexibility index (Phi) is 3.77. The molecule has 2 heterocycles. The summed E-state index contributed by atoms with van der Waals surface area (Å²) in [5, 5.41) is 9.85. The summed E-state index contributed by atoms with van der Waals surface area (Å²) in [5.74, 6) is 1.42. The molecule has 0 bridgehead atoms. The van der Waals surface area contributed by atoms with Crippen LogP contribution < -0.4 is 4.74 Å². The van der Waals surface area contributed by atoms with Gasteiger partial charge in [0.1, 0.15) is 17.1 Å². The number of para-hydroxylation sites is 1. The van der Waals surface area contributed by atoms with Crippen LogP contribution in [0.4, 0.5) is 0 Å². The van der Waals surface area contributed by atoms with Gasteiger partial charge in [-0.3, -0.25) is 0 Å². The predicted molar refractivity (Wildman–Crippen MR) is 81.6 cm³/mol. The number of ether oxygens (including phenoxy) is 1. The molecule has 0 atom stereocenters. The normalized spacial score (nSPS) is 11.0. The van der Waals surface area contributed by atoms with Gasteiger partial charge in [0.2, 0.25) is 0 Å². The Balaban J connectivity index is 2.28. The van der Waals surface area contributed by atoms with Crippen molar-refractivity contribution in [1.29, 1.82) is 0 Å². The van der Waals surface area contributed by atoms with Gasteiger partial charge in [-0.1, -0.05) is 23.7 Å². The quantitative estimate of drug-likeness (QED) is 0.805. The van der Waals surface area contributed by atoms with Crippen molar-refractivity contribution in [3.05, 3.63) is 41.6 Å². The van der Waals surface area contributed by atoms with Crippen molar-refractivity contribution < 1.29 is 9.84 Å². The van der Waals surface area contributed by atoms with Crippen molar-refractivity contribution in [2.45, 2.75) is 6.54 Å². The number of fused-ring (bicyclic) bond motifs is 1. The molecular weight excluding hydrogens is 290 g/mol. The van der Waals surface area contributed by atoms with Gasteiger partial charge in [-0.2, -0.15) is 0 Å². The summed E-state index contributed by atoms with van der Waals surface area (Å²) in [7, 11) is 1.62. The Morgan fingerprint density at radius 1 is 1.33 bits per heavy atom. The van der Waals surface area contributed by atoms with E-state index in [-0.39, 0.29) is 6.61 Å². The SMILES string of the molecule is COc1ccccc1-c1nc2cc(Cl)cnc2n1CCO. The fourth-order valence-electron chi connectivity index (χ4n) is 2.33. The molecule has 3 rings (SSSR count). The van der Waals surface area contributed by atoms with Gasteiger partial charge >= 0.3 is 0 Å². The lowest BCUT2D eigenvalue weighted by Crippen LogP contribution is -2.05. The van der Waals surface area contributed by atoms with E-state index in [9.17, 15) is 5.11 Å². The van der Waals surface area contributed by atoms with E-state index in [0.717, 1.165) is 11.3 Å². The van der Waals surface area contributed by atoms with Gasteiger partial charge in [-0.05, 0) is 18.2 Å². The molecule has 0 unspecified atom stereocenters. The number of hydrogen-bond acceptors (Lipinski definition) is 4. The maximum atomic E-state index is 9.32. The van der Waals surface area contributed by atoms with E-state index >= 15 is 0 Å². The lowest BCUT2D eigenvalue weighted by Gasteiger charge is -2.10. The summed E-state index contributed by atoms with van der Waals surface area (Å²) in [5.41, 5.74) is 2.23. The third-order valence-corrected chi connectivity index (χ3v) is 3.43. The zero-order chi connectivity index (χ0) is 14.8. The van der Waals surface area contributed by atoms with Crippen LogP contribution in [0.1, 0.15) is 0 Å². The van der Waals surface area contributed by atoms with Crippen LogP contribution in [-0.2, 0) is 6.54 Å². The molecule has 0 spiro atoms. The molecule has 0 saturated heterocycles. The second-order valence-corrected chi connectivity index (χ2v) is 4.94. The minimum Gasteiger partial charge on any atom is -0.496 e. The Hall–Kier alpha value is -2.11. The van der Waals surface area contributed by atoms with Crippen molar-refractivity contribution in [2.24, 2.45) is 0 Å². The summed E-state index contributed by atoms with van der Waals surface area (Å²) in [4.78, 5) is 8.91. The number of rotatable bonds is 4. The van der Waals surface area contributed by atoms with Gasteiger partial charge in [0.05, 0.1) is 24.3 Å². The van der Waals surface area contributed by atoms with Crippen LogP contribution >= 0.6 is 11.6 Å². The van der Waals surface area contributed by atoms with Crippen molar-refractivity contribution in [2.75, 3.05) is 13.7 Å². The summed E-state index contributed by atoms with van der Waals surface area (Å²) in [6, 6.07) is 9.38. The first kappa shape index (κ1) is 13.9. The van der Waals surface area contributed by atoms with Crippen LogP contribution in [0.5, 0.6) is 5.75 Å². The highest BCUT2D eigenvalue weighted by Gasteiger charge is 2.16. The lowest BCUT2D eigenvalue weighted by molar-refractivity contribution is 0.278. The Labute approximate surface area is 126 Å². The van der Waals surface area contributed by atoms with Crippen LogP contribution in [0.25, 0.3) is 22.6 Å². The molecule has 0 amide bonds. The molecule has 1 aromatic carbocycles. The number of hydrogen-bond donors (Lipinski definition) is 1. The zero-order valence-corrected chi connectivity index (χ0v) is 12.2. The molecule has 1 N–H and O–H groups in total. The van der Waals surface area contributed by atoms with Gasteiger partial charge in [-0.25, -0.2) is 9.97 Å². The highest BCUT2D eigenvalue weighted by Crippen LogP contribution is 2.31. The lowest BCUT2D eigenvalue weighted by atomic mass is 10.2. The maximum Gasteiger partial charge on any atom is 0.160 e. The summed E-state index contributed by atoms with van der Waals surface area (Å²) in [6.07, 6.45) is 1.57. The number of aromatic nitrogens is 3. The van der Waals surface area contributed by atoms with Crippen molar-refractivity contribution in [3.8, 4) is 17.1 Å². The second kappa shape index (κ2) is 5.71. The number of aliphatic hydroxyl groups is 1. The van der Waals surface area contributed by atoms with Gasteiger partial charge in [0.15, 0.2) is 5.65 Å². The van der Waals surface area contributed by atoms with Gasteiger partial charge < -0.3 is 14.4 Å². The Bertz CT molecular complexity index is 786. The number of nitrogens with zero attached hydrogens (tertiary/aromatic N) is 3. The van der Waals surface area contributed by atoms with Crippen LogP contribution in [-0.4, -0.2) is 33.4 Å². The monoisotopic (exact) mass is 303 g/mol. The average molecular weight is 304 g/mol. The molecule has 0 saturated carbocycles. The fraction of sp³-hybridized carbons (Fsp3) is 0.200. The second-order valence-electron chi connectivity index (χ2n) is 4.51. The first-order valence-electron chi connectivity index (χ1n) is 6.50. The highest BCUT2D eigenvalue weighted by atomic mass is 35.5. The van der Waals surface area contributed by atoms with E-state index in [1.807, 2.05) is 28.8 Å². The van der Waals surface area contributed by atoms with E-state index in [1.165, 1.54) is 0 Å². The molecule has 6 heteroatoms.